The molecule has 0 N–H and O–H groups in total. The Balaban J connectivity index is 2.66. The molecule has 1 aromatic heterocycles. The van der Waals surface area contributed by atoms with Crippen LogP contribution in [0.15, 0.2) is 31.4 Å². The Kier molecular flexibility index (Phi) is 2.88. The number of aromatic nitrogens is 2. The van der Waals surface area contributed by atoms with E-state index in [9.17, 15) is 0 Å². The van der Waals surface area contributed by atoms with Gasteiger partial charge >= 0.3 is 0 Å². The van der Waals surface area contributed by atoms with E-state index in [4.69, 9.17) is 0 Å². The van der Waals surface area contributed by atoms with E-state index >= 15 is 0 Å². The summed E-state index contributed by atoms with van der Waals surface area (Å²) in [5.41, 5.74) is 0. The molecular formula is C10H18N3+. The van der Waals surface area contributed by atoms with E-state index in [1.165, 1.54) is 0 Å². The SMILES string of the molecule is C=CC(Cn1ccnc1)[N+](C)(C)C. The van der Waals surface area contributed by atoms with Gasteiger partial charge in [-0.3, -0.25) is 0 Å². The van der Waals surface area contributed by atoms with Gasteiger partial charge in [0.15, 0.2) is 0 Å². The lowest BCUT2D eigenvalue weighted by Gasteiger charge is -2.32. The zero-order valence-corrected chi connectivity index (χ0v) is 8.64. The molecule has 1 aromatic rings. The highest BCUT2D eigenvalue weighted by molar-refractivity contribution is 4.83. The van der Waals surface area contributed by atoms with Crippen LogP contribution in [0.1, 0.15) is 0 Å². The number of likely N-dealkylation sites (N-methyl/N-ethyl adjacent to an activating group) is 1. The molecule has 1 unspecified atom stereocenters. The van der Waals surface area contributed by atoms with Crippen LogP contribution in [0.4, 0.5) is 0 Å². The van der Waals surface area contributed by atoms with Gasteiger partial charge in [0, 0.05) is 12.4 Å². The van der Waals surface area contributed by atoms with Gasteiger partial charge in [-0.2, -0.15) is 0 Å². The van der Waals surface area contributed by atoms with Crippen molar-refractivity contribution in [2.24, 2.45) is 0 Å². The Morgan fingerprint density at radius 2 is 2.23 bits per heavy atom. The molecule has 0 spiro atoms. The molecule has 1 rings (SSSR count). The van der Waals surface area contributed by atoms with Crippen LogP contribution in [0.3, 0.4) is 0 Å². The maximum absolute atomic E-state index is 4.01. The summed E-state index contributed by atoms with van der Waals surface area (Å²) in [6, 6.07) is 0.425. The molecule has 13 heavy (non-hydrogen) atoms. The Hall–Kier alpha value is -1.09. The van der Waals surface area contributed by atoms with Gasteiger partial charge in [-0.1, -0.05) is 6.58 Å². The topological polar surface area (TPSA) is 17.8 Å². The number of quaternary nitrogens is 1. The van der Waals surface area contributed by atoms with Crippen LogP contribution in [0.5, 0.6) is 0 Å². The van der Waals surface area contributed by atoms with E-state index in [-0.39, 0.29) is 0 Å². The third kappa shape index (κ3) is 2.70. The van der Waals surface area contributed by atoms with Gasteiger partial charge in [0.2, 0.25) is 0 Å². The standard InChI is InChI=1S/C10H18N3/c1-5-10(13(2,3)4)8-12-7-6-11-9-12/h5-7,9-10H,1,8H2,2-4H3/q+1. The highest BCUT2D eigenvalue weighted by atomic mass is 15.3. The summed E-state index contributed by atoms with van der Waals surface area (Å²) in [5.74, 6) is 0. The van der Waals surface area contributed by atoms with E-state index in [1.54, 1.807) is 6.20 Å². The van der Waals surface area contributed by atoms with E-state index in [0.717, 1.165) is 11.0 Å². The molecule has 0 aliphatic carbocycles. The summed E-state index contributed by atoms with van der Waals surface area (Å²) in [4.78, 5) is 4.01. The first-order chi connectivity index (χ1) is 6.04. The third-order valence-electron chi connectivity index (χ3n) is 2.22. The fourth-order valence-corrected chi connectivity index (χ4v) is 1.25. The highest BCUT2D eigenvalue weighted by Crippen LogP contribution is 2.06. The van der Waals surface area contributed by atoms with Crippen molar-refractivity contribution >= 4 is 0 Å². The molecule has 0 saturated heterocycles. The molecular weight excluding hydrogens is 162 g/mol. The molecule has 3 nitrogen and oxygen atoms in total. The monoisotopic (exact) mass is 180 g/mol. The molecule has 0 fully saturated rings. The quantitative estimate of drug-likeness (QED) is 0.502. The maximum Gasteiger partial charge on any atom is 0.125 e. The summed E-state index contributed by atoms with van der Waals surface area (Å²) < 4.78 is 2.97. The predicted octanol–water partition coefficient (Wildman–Crippen LogP) is 1.14. The van der Waals surface area contributed by atoms with Crippen molar-refractivity contribution in [2.75, 3.05) is 21.1 Å². The average molecular weight is 180 g/mol. The lowest BCUT2D eigenvalue weighted by molar-refractivity contribution is -0.889. The minimum absolute atomic E-state index is 0.425. The molecule has 0 aliphatic rings. The fraction of sp³-hybridized carbons (Fsp3) is 0.500. The minimum atomic E-state index is 0.425. The molecule has 0 saturated carbocycles. The van der Waals surface area contributed by atoms with Crippen LogP contribution in [0, 0.1) is 0 Å². The number of imidazole rings is 1. The second-order valence-corrected chi connectivity index (χ2v) is 4.18. The number of hydrogen-bond acceptors (Lipinski definition) is 1. The average Bonchev–Trinajstić information content (AvgIpc) is 2.49. The summed E-state index contributed by atoms with van der Waals surface area (Å²) >= 11 is 0. The van der Waals surface area contributed by atoms with Gasteiger partial charge in [-0.15, -0.1) is 0 Å². The highest BCUT2D eigenvalue weighted by Gasteiger charge is 2.19. The molecule has 72 valence electrons. The van der Waals surface area contributed by atoms with Crippen molar-refractivity contribution < 1.29 is 4.48 Å². The van der Waals surface area contributed by atoms with Gasteiger partial charge < -0.3 is 9.05 Å². The van der Waals surface area contributed by atoms with Crippen LogP contribution >= 0.6 is 0 Å². The van der Waals surface area contributed by atoms with Gasteiger partial charge in [-0.05, 0) is 6.08 Å². The largest absolute Gasteiger partial charge is 0.331 e. The lowest BCUT2D eigenvalue weighted by atomic mass is 10.2. The first-order valence-corrected chi connectivity index (χ1v) is 4.43. The second-order valence-electron chi connectivity index (χ2n) is 4.18. The summed E-state index contributed by atoms with van der Waals surface area (Å²) in [7, 11) is 6.51. The third-order valence-corrected chi connectivity index (χ3v) is 2.22. The zero-order valence-electron chi connectivity index (χ0n) is 8.64. The van der Waals surface area contributed by atoms with Crippen molar-refractivity contribution in [2.45, 2.75) is 12.6 Å². The van der Waals surface area contributed by atoms with Crippen molar-refractivity contribution in [1.29, 1.82) is 0 Å². The Labute approximate surface area is 79.9 Å². The first-order valence-electron chi connectivity index (χ1n) is 4.43. The lowest BCUT2D eigenvalue weighted by Crippen LogP contribution is -2.46. The molecule has 1 atom stereocenters. The molecule has 0 aromatic carbocycles. The predicted molar refractivity (Wildman–Crippen MR) is 54.2 cm³/mol. The maximum atomic E-state index is 4.01. The van der Waals surface area contributed by atoms with Crippen molar-refractivity contribution in [1.82, 2.24) is 9.55 Å². The van der Waals surface area contributed by atoms with E-state index < -0.39 is 0 Å². The van der Waals surface area contributed by atoms with Crippen LogP contribution in [-0.4, -0.2) is 41.2 Å². The first kappa shape index (κ1) is 9.99. The number of rotatable bonds is 4. The van der Waals surface area contributed by atoms with Gasteiger partial charge in [0.05, 0.1) is 34.0 Å². The van der Waals surface area contributed by atoms with Crippen LogP contribution in [0.2, 0.25) is 0 Å². The van der Waals surface area contributed by atoms with Gasteiger partial charge in [-0.25, -0.2) is 4.98 Å². The summed E-state index contributed by atoms with van der Waals surface area (Å²) in [5, 5.41) is 0. The number of nitrogens with zero attached hydrogens (tertiary/aromatic N) is 3. The van der Waals surface area contributed by atoms with Gasteiger partial charge in [0.25, 0.3) is 0 Å². The molecule has 0 amide bonds. The van der Waals surface area contributed by atoms with E-state index in [2.05, 4.69) is 37.3 Å². The van der Waals surface area contributed by atoms with E-state index in [1.807, 2.05) is 18.6 Å². The second kappa shape index (κ2) is 3.75. The molecule has 0 aliphatic heterocycles. The Bertz CT molecular complexity index is 256. The summed E-state index contributed by atoms with van der Waals surface area (Å²) in [6.45, 7) is 4.80. The Morgan fingerprint density at radius 1 is 1.54 bits per heavy atom. The number of hydrogen-bond donors (Lipinski definition) is 0. The van der Waals surface area contributed by atoms with Crippen molar-refractivity contribution in [3.8, 4) is 0 Å². The van der Waals surface area contributed by atoms with Crippen molar-refractivity contribution in [3.05, 3.63) is 31.4 Å². The van der Waals surface area contributed by atoms with Gasteiger partial charge in [0.1, 0.15) is 6.04 Å². The molecule has 0 bridgehead atoms. The van der Waals surface area contributed by atoms with Crippen LogP contribution < -0.4 is 0 Å². The van der Waals surface area contributed by atoms with Crippen LogP contribution in [0.25, 0.3) is 0 Å². The normalized spacial score (nSPS) is 14.1. The molecule has 1 heterocycles. The smallest absolute Gasteiger partial charge is 0.125 e. The fourth-order valence-electron chi connectivity index (χ4n) is 1.25. The van der Waals surface area contributed by atoms with Crippen LogP contribution in [-0.2, 0) is 6.54 Å². The minimum Gasteiger partial charge on any atom is -0.331 e. The molecule has 0 radical (unpaired) electrons. The molecule has 3 heteroatoms. The Morgan fingerprint density at radius 3 is 2.62 bits per heavy atom. The zero-order chi connectivity index (χ0) is 9.90. The van der Waals surface area contributed by atoms with Crippen molar-refractivity contribution in [3.63, 3.8) is 0 Å². The summed E-state index contributed by atoms with van der Waals surface area (Å²) in [6.07, 6.45) is 7.62. The van der Waals surface area contributed by atoms with E-state index in [0.29, 0.717) is 6.04 Å².